The van der Waals surface area contributed by atoms with Crippen LogP contribution in [0, 0.1) is 6.92 Å². The lowest BCUT2D eigenvalue weighted by atomic mass is 10.2. The molecule has 0 aromatic carbocycles. The van der Waals surface area contributed by atoms with Gasteiger partial charge in [-0.15, -0.1) is 0 Å². The maximum Gasteiger partial charge on any atom is 0.225 e. The molecule has 0 spiro atoms. The van der Waals surface area contributed by atoms with Crippen molar-refractivity contribution in [3.8, 4) is 0 Å². The van der Waals surface area contributed by atoms with Gasteiger partial charge in [0.2, 0.25) is 5.95 Å². The molecule has 0 bridgehead atoms. The molecular weight excluding hydrogens is 240 g/mol. The molecule has 1 atom stereocenters. The van der Waals surface area contributed by atoms with Crippen molar-refractivity contribution in [3.05, 3.63) is 17.5 Å². The molecule has 1 unspecified atom stereocenters. The van der Waals surface area contributed by atoms with Crippen molar-refractivity contribution in [2.75, 3.05) is 31.2 Å². The molecule has 1 N–H and O–H groups in total. The van der Waals surface area contributed by atoms with Crippen LogP contribution in [0.15, 0.2) is 6.20 Å². The van der Waals surface area contributed by atoms with Crippen LogP contribution in [-0.4, -0.2) is 42.3 Å². The monoisotopic (exact) mass is 264 g/mol. The van der Waals surface area contributed by atoms with Crippen LogP contribution in [0.4, 0.5) is 5.95 Å². The van der Waals surface area contributed by atoms with Gasteiger partial charge < -0.3 is 15.0 Å². The van der Waals surface area contributed by atoms with Gasteiger partial charge in [-0.2, -0.15) is 0 Å². The molecule has 1 fully saturated rings. The molecule has 1 aliphatic rings. The number of hydrogen-bond donors (Lipinski definition) is 1. The van der Waals surface area contributed by atoms with Crippen LogP contribution < -0.4 is 10.2 Å². The highest BCUT2D eigenvalue weighted by Gasteiger charge is 2.23. The van der Waals surface area contributed by atoms with Crippen molar-refractivity contribution in [3.63, 3.8) is 0 Å². The molecule has 1 aliphatic heterocycles. The predicted octanol–water partition coefficient (Wildman–Crippen LogP) is 1.51. The average molecular weight is 264 g/mol. The number of aromatic nitrogens is 2. The van der Waals surface area contributed by atoms with Crippen molar-refractivity contribution in [2.45, 2.75) is 39.8 Å². The van der Waals surface area contributed by atoms with E-state index in [-0.39, 0.29) is 0 Å². The van der Waals surface area contributed by atoms with E-state index in [0.29, 0.717) is 6.04 Å². The summed E-state index contributed by atoms with van der Waals surface area (Å²) < 4.78 is 5.52. The third-order valence-corrected chi connectivity index (χ3v) is 3.59. The van der Waals surface area contributed by atoms with E-state index in [1.165, 1.54) is 5.56 Å². The Morgan fingerprint density at radius 3 is 3.00 bits per heavy atom. The highest BCUT2D eigenvalue weighted by atomic mass is 16.5. The average Bonchev–Trinajstić information content (AvgIpc) is 2.46. The Hall–Kier alpha value is -1.20. The van der Waals surface area contributed by atoms with Gasteiger partial charge in [0.25, 0.3) is 0 Å². The molecule has 2 heterocycles. The smallest absolute Gasteiger partial charge is 0.225 e. The fourth-order valence-corrected chi connectivity index (χ4v) is 2.31. The third kappa shape index (κ3) is 3.42. The SMILES string of the molecule is CCNCc1cnc(N2CCOCC2CC)nc1C. The Balaban J connectivity index is 2.13. The van der Waals surface area contributed by atoms with E-state index < -0.39 is 0 Å². The van der Waals surface area contributed by atoms with Gasteiger partial charge in [0.15, 0.2) is 0 Å². The van der Waals surface area contributed by atoms with E-state index in [4.69, 9.17) is 4.74 Å². The van der Waals surface area contributed by atoms with Crippen molar-refractivity contribution in [1.29, 1.82) is 0 Å². The lowest BCUT2D eigenvalue weighted by Gasteiger charge is -2.35. The minimum absolute atomic E-state index is 0.396. The van der Waals surface area contributed by atoms with Crippen LogP contribution in [0.5, 0.6) is 0 Å². The molecule has 106 valence electrons. The zero-order chi connectivity index (χ0) is 13.7. The molecule has 0 aliphatic carbocycles. The fraction of sp³-hybridized carbons (Fsp3) is 0.714. The zero-order valence-electron chi connectivity index (χ0n) is 12.1. The first kappa shape index (κ1) is 14.2. The van der Waals surface area contributed by atoms with E-state index in [1.807, 2.05) is 6.20 Å². The van der Waals surface area contributed by atoms with E-state index in [0.717, 1.165) is 50.9 Å². The molecular formula is C14H24N4O. The van der Waals surface area contributed by atoms with E-state index >= 15 is 0 Å². The molecule has 19 heavy (non-hydrogen) atoms. The Kier molecular flexibility index (Phi) is 5.10. The first-order chi connectivity index (χ1) is 9.26. The number of nitrogens with one attached hydrogen (secondary N) is 1. The maximum atomic E-state index is 5.52. The van der Waals surface area contributed by atoms with Gasteiger partial charge >= 0.3 is 0 Å². The van der Waals surface area contributed by atoms with Gasteiger partial charge in [-0.3, -0.25) is 0 Å². The summed E-state index contributed by atoms with van der Waals surface area (Å²) in [5.41, 5.74) is 2.24. The molecule has 0 amide bonds. The summed E-state index contributed by atoms with van der Waals surface area (Å²) in [6.45, 7) is 10.5. The van der Waals surface area contributed by atoms with E-state index in [1.54, 1.807) is 0 Å². The highest BCUT2D eigenvalue weighted by molar-refractivity contribution is 5.35. The Morgan fingerprint density at radius 1 is 1.47 bits per heavy atom. The number of anilines is 1. The lowest BCUT2D eigenvalue weighted by molar-refractivity contribution is 0.0921. The summed E-state index contributed by atoms with van der Waals surface area (Å²) >= 11 is 0. The van der Waals surface area contributed by atoms with Crippen molar-refractivity contribution < 1.29 is 4.74 Å². The summed E-state index contributed by atoms with van der Waals surface area (Å²) in [6, 6.07) is 0.396. The fourth-order valence-electron chi connectivity index (χ4n) is 2.31. The number of morpholine rings is 1. The van der Waals surface area contributed by atoms with Gasteiger partial charge in [0, 0.05) is 30.5 Å². The topological polar surface area (TPSA) is 50.3 Å². The van der Waals surface area contributed by atoms with Gasteiger partial charge in [-0.1, -0.05) is 13.8 Å². The van der Waals surface area contributed by atoms with Crippen LogP contribution in [0.1, 0.15) is 31.5 Å². The third-order valence-electron chi connectivity index (χ3n) is 3.59. The number of nitrogens with zero attached hydrogens (tertiary/aromatic N) is 3. The van der Waals surface area contributed by atoms with Gasteiger partial charge in [-0.25, -0.2) is 9.97 Å². The number of aryl methyl sites for hydroxylation is 1. The number of hydrogen-bond acceptors (Lipinski definition) is 5. The van der Waals surface area contributed by atoms with Crippen molar-refractivity contribution >= 4 is 5.95 Å². The molecule has 1 aromatic heterocycles. The summed E-state index contributed by atoms with van der Waals surface area (Å²) in [7, 11) is 0. The minimum atomic E-state index is 0.396. The van der Waals surface area contributed by atoms with E-state index in [2.05, 4.69) is 41.0 Å². The Morgan fingerprint density at radius 2 is 2.32 bits per heavy atom. The summed E-state index contributed by atoms with van der Waals surface area (Å²) in [6.07, 6.45) is 3.00. The molecule has 0 saturated carbocycles. The minimum Gasteiger partial charge on any atom is -0.377 e. The second-order valence-corrected chi connectivity index (χ2v) is 4.89. The first-order valence-electron chi connectivity index (χ1n) is 7.13. The second kappa shape index (κ2) is 6.82. The van der Waals surface area contributed by atoms with Gasteiger partial charge in [-0.05, 0) is 19.9 Å². The quantitative estimate of drug-likeness (QED) is 0.873. The number of rotatable bonds is 5. The predicted molar refractivity (Wildman–Crippen MR) is 76.4 cm³/mol. The molecule has 1 aromatic rings. The van der Waals surface area contributed by atoms with Crippen LogP contribution >= 0.6 is 0 Å². The van der Waals surface area contributed by atoms with Crippen molar-refractivity contribution in [1.82, 2.24) is 15.3 Å². The molecule has 5 nitrogen and oxygen atoms in total. The molecule has 0 radical (unpaired) electrons. The largest absolute Gasteiger partial charge is 0.377 e. The highest BCUT2D eigenvalue weighted by Crippen LogP contribution is 2.18. The van der Waals surface area contributed by atoms with Crippen LogP contribution in [0.2, 0.25) is 0 Å². The van der Waals surface area contributed by atoms with Crippen LogP contribution in [0.3, 0.4) is 0 Å². The summed E-state index contributed by atoms with van der Waals surface area (Å²) in [5.74, 6) is 0.841. The Labute approximate surface area is 115 Å². The molecule has 1 saturated heterocycles. The zero-order valence-corrected chi connectivity index (χ0v) is 12.1. The summed E-state index contributed by atoms with van der Waals surface area (Å²) in [5, 5.41) is 3.31. The standard InChI is InChI=1S/C14H24N4O/c1-4-13-10-19-7-6-18(13)14-16-9-12(8-15-5-2)11(3)17-14/h9,13,15H,4-8,10H2,1-3H3. The second-order valence-electron chi connectivity index (χ2n) is 4.89. The van der Waals surface area contributed by atoms with Crippen LogP contribution in [0.25, 0.3) is 0 Å². The van der Waals surface area contributed by atoms with Gasteiger partial charge in [0.05, 0.1) is 19.3 Å². The van der Waals surface area contributed by atoms with Gasteiger partial charge in [0.1, 0.15) is 0 Å². The van der Waals surface area contributed by atoms with Crippen molar-refractivity contribution in [2.24, 2.45) is 0 Å². The van der Waals surface area contributed by atoms with Crippen LogP contribution in [-0.2, 0) is 11.3 Å². The first-order valence-corrected chi connectivity index (χ1v) is 7.13. The normalized spacial score (nSPS) is 19.7. The lowest BCUT2D eigenvalue weighted by Crippen LogP contribution is -2.46. The Bertz CT molecular complexity index is 410. The van der Waals surface area contributed by atoms with E-state index in [9.17, 15) is 0 Å². The molecule has 2 rings (SSSR count). The maximum absolute atomic E-state index is 5.52. The number of ether oxygens (including phenoxy) is 1. The summed E-state index contributed by atoms with van der Waals surface area (Å²) in [4.78, 5) is 11.5. The molecule has 5 heteroatoms.